The van der Waals surface area contributed by atoms with E-state index in [-0.39, 0.29) is 16.0 Å². The van der Waals surface area contributed by atoms with Gasteiger partial charge >= 0.3 is 0 Å². The van der Waals surface area contributed by atoms with Crippen molar-refractivity contribution in [3.05, 3.63) is 62.6 Å². The Morgan fingerprint density at radius 2 is 1.65 bits per heavy atom. The Hall–Kier alpha value is -1.62. The number of amides is 1. The Morgan fingerprint density at radius 1 is 1.04 bits per heavy atom. The maximum atomic E-state index is 12.2. The van der Waals surface area contributed by atoms with Crippen molar-refractivity contribution in [2.75, 3.05) is 5.32 Å². The third-order valence-electron chi connectivity index (χ3n) is 3.32. The highest BCUT2D eigenvalue weighted by Gasteiger charge is 2.13. The van der Waals surface area contributed by atoms with Crippen LogP contribution in [0.1, 0.15) is 27.0 Å². The van der Waals surface area contributed by atoms with Crippen molar-refractivity contribution < 1.29 is 4.79 Å². The lowest BCUT2D eigenvalue weighted by Gasteiger charge is -2.15. The number of carbonyl (C=O) groups is 1. The second kappa shape index (κ2) is 7.30. The summed E-state index contributed by atoms with van der Waals surface area (Å²) in [5.41, 5.74) is 4.50. The van der Waals surface area contributed by atoms with E-state index in [9.17, 15) is 4.79 Å². The van der Waals surface area contributed by atoms with Crippen LogP contribution in [-0.4, -0.2) is 11.0 Å². The number of hydrogen-bond acceptors (Lipinski definition) is 2. The zero-order chi connectivity index (χ0) is 17.1. The van der Waals surface area contributed by atoms with E-state index in [1.165, 1.54) is 11.6 Å². The second-order valence-corrected chi connectivity index (χ2v) is 6.56. The predicted octanol–water partition coefficient (Wildman–Crippen LogP) is 5.05. The number of nitrogens with one attached hydrogen (secondary N) is 2. The van der Waals surface area contributed by atoms with Crippen molar-refractivity contribution in [2.45, 2.75) is 20.8 Å². The minimum absolute atomic E-state index is 0.219. The van der Waals surface area contributed by atoms with Crippen LogP contribution in [0.3, 0.4) is 0 Å². The first-order valence-corrected chi connectivity index (χ1v) is 8.09. The zero-order valence-corrected chi connectivity index (χ0v) is 15.3. The summed E-state index contributed by atoms with van der Waals surface area (Å²) in [5, 5.41) is 6.66. The number of aryl methyl sites for hydroxylation is 3. The Kier molecular flexibility index (Phi) is 5.63. The van der Waals surface area contributed by atoms with Crippen molar-refractivity contribution in [3.63, 3.8) is 0 Å². The molecule has 0 aliphatic heterocycles. The molecule has 2 rings (SSSR count). The third-order valence-corrected chi connectivity index (χ3v) is 4.07. The average Bonchev–Trinajstić information content (AvgIpc) is 2.42. The predicted molar refractivity (Wildman–Crippen MR) is 101 cm³/mol. The first-order valence-electron chi connectivity index (χ1n) is 6.93. The summed E-state index contributed by atoms with van der Waals surface area (Å²) in [6.07, 6.45) is 0. The summed E-state index contributed by atoms with van der Waals surface area (Å²) in [5.74, 6) is -0.383. The van der Waals surface area contributed by atoms with Crippen molar-refractivity contribution in [2.24, 2.45) is 0 Å². The first-order chi connectivity index (χ1) is 10.8. The Balaban J connectivity index is 2.12. The summed E-state index contributed by atoms with van der Waals surface area (Å²) in [6, 6.07) is 8.78. The van der Waals surface area contributed by atoms with Crippen LogP contribution in [0.5, 0.6) is 0 Å². The van der Waals surface area contributed by atoms with Gasteiger partial charge in [0.05, 0.1) is 10.6 Å². The summed E-state index contributed by atoms with van der Waals surface area (Å²) >= 11 is 17.1. The molecule has 0 unspecified atom stereocenters. The van der Waals surface area contributed by atoms with Gasteiger partial charge < -0.3 is 5.32 Å². The van der Waals surface area contributed by atoms with Gasteiger partial charge in [-0.2, -0.15) is 0 Å². The van der Waals surface area contributed by atoms with Crippen molar-refractivity contribution in [3.8, 4) is 0 Å². The smallest absolute Gasteiger partial charge is 0.258 e. The number of thiocarbonyl (C=S) groups is 1. The quantitative estimate of drug-likeness (QED) is 0.731. The van der Waals surface area contributed by atoms with Crippen LogP contribution in [0, 0.1) is 20.8 Å². The Bertz CT molecular complexity index is 767. The van der Waals surface area contributed by atoms with Gasteiger partial charge in [-0.15, -0.1) is 0 Å². The molecular formula is C17H16Cl2N2OS. The van der Waals surface area contributed by atoms with Gasteiger partial charge in [0.15, 0.2) is 5.11 Å². The number of halogens is 2. The molecule has 0 saturated carbocycles. The fourth-order valence-corrected chi connectivity index (χ4v) is 3.06. The summed E-state index contributed by atoms with van der Waals surface area (Å²) < 4.78 is 0. The van der Waals surface area contributed by atoms with Gasteiger partial charge in [-0.05, 0) is 62.3 Å². The number of rotatable bonds is 2. The van der Waals surface area contributed by atoms with Crippen LogP contribution in [0.4, 0.5) is 5.69 Å². The van der Waals surface area contributed by atoms with Crippen LogP contribution in [0.2, 0.25) is 10.0 Å². The SMILES string of the molecule is Cc1cc(C)c(NC(=S)NC(=O)c2ccc(Cl)cc2Cl)c(C)c1. The molecule has 23 heavy (non-hydrogen) atoms. The van der Waals surface area contributed by atoms with E-state index < -0.39 is 0 Å². The van der Waals surface area contributed by atoms with Gasteiger partial charge in [0.1, 0.15) is 0 Å². The van der Waals surface area contributed by atoms with E-state index in [0.717, 1.165) is 16.8 Å². The molecule has 0 heterocycles. The van der Waals surface area contributed by atoms with E-state index in [1.54, 1.807) is 12.1 Å². The van der Waals surface area contributed by atoms with E-state index in [4.69, 9.17) is 35.4 Å². The van der Waals surface area contributed by atoms with Crippen molar-refractivity contribution in [1.29, 1.82) is 0 Å². The maximum Gasteiger partial charge on any atom is 0.258 e. The number of anilines is 1. The molecule has 0 atom stereocenters. The van der Waals surface area contributed by atoms with Crippen LogP contribution >= 0.6 is 35.4 Å². The molecule has 0 bridgehead atoms. The normalized spacial score (nSPS) is 10.3. The third kappa shape index (κ3) is 4.44. The zero-order valence-electron chi connectivity index (χ0n) is 13.0. The second-order valence-electron chi connectivity index (χ2n) is 5.31. The van der Waals surface area contributed by atoms with Gasteiger partial charge in [-0.1, -0.05) is 40.9 Å². The van der Waals surface area contributed by atoms with Gasteiger partial charge in [-0.25, -0.2) is 0 Å². The molecule has 3 nitrogen and oxygen atoms in total. The fraction of sp³-hybridized carbons (Fsp3) is 0.176. The topological polar surface area (TPSA) is 41.1 Å². The van der Waals surface area contributed by atoms with Crippen molar-refractivity contribution in [1.82, 2.24) is 5.32 Å². The standard InChI is InChI=1S/C17H16Cl2N2OS/c1-9-6-10(2)15(11(3)7-9)20-17(23)21-16(22)13-5-4-12(18)8-14(13)19/h4-8H,1-3H3,(H2,20,21,22,23). The molecule has 6 heteroatoms. The number of benzene rings is 2. The highest BCUT2D eigenvalue weighted by atomic mass is 35.5. The average molecular weight is 367 g/mol. The Morgan fingerprint density at radius 3 is 2.22 bits per heavy atom. The fourth-order valence-electron chi connectivity index (χ4n) is 2.37. The minimum atomic E-state index is -0.383. The van der Waals surface area contributed by atoms with E-state index in [0.29, 0.717) is 10.6 Å². The summed E-state index contributed by atoms with van der Waals surface area (Å²) in [4.78, 5) is 12.2. The molecule has 0 spiro atoms. The molecule has 0 radical (unpaired) electrons. The van der Waals surface area contributed by atoms with Crippen LogP contribution in [0.25, 0.3) is 0 Å². The van der Waals surface area contributed by atoms with Crippen LogP contribution in [0.15, 0.2) is 30.3 Å². The highest BCUT2D eigenvalue weighted by Crippen LogP contribution is 2.23. The van der Waals surface area contributed by atoms with Crippen molar-refractivity contribution >= 4 is 52.1 Å². The minimum Gasteiger partial charge on any atom is -0.332 e. The van der Waals surface area contributed by atoms with Gasteiger partial charge in [0.2, 0.25) is 0 Å². The van der Waals surface area contributed by atoms with Crippen LogP contribution < -0.4 is 10.6 Å². The summed E-state index contributed by atoms with van der Waals surface area (Å²) in [6.45, 7) is 6.01. The Labute approximate surface area is 151 Å². The molecule has 1 amide bonds. The molecular weight excluding hydrogens is 351 g/mol. The molecule has 2 aromatic rings. The molecule has 120 valence electrons. The monoisotopic (exact) mass is 366 g/mol. The largest absolute Gasteiger partial charge is 0.332 e. The molecule has 2 N–H and O–H groups in total. The molecule has 0 aliphatic rings. The van der Waals surface area contributed by atoms with Crippen LogP contribution in [-0.2, 0) is 0 Å². The highest BCUT2D eigenvalue weighted by molar-refractivity contribution is 7.80. The molecule has 0 fully saturated rings. The molecule has 2 aromatic carbocycles. The van der Waals surface area contributed by atoms with E-state index in [1.807, 2.05) is 20.8 Å². The summed E-state index contributed by atoms with van der Waals surface area (Å²) in [7, 11) is 0. The number of hydrogen-bond donors (Lipinski definition) is 2. The van der Waals surface area contributed by atoms with Gasteiger partial charge in [-0.3, -0.25) is 10.1 Å². The maximum absolute atomic E-state index is 12.2. The molecule has 0 saturated heterocycles. The molecule has 0 aliphatic carbocycles. The number of carbonyl (C=O) groups excluding carboxylic acids is 1. The lowest BCUT2D eigenvalue weighted by atomic mass is 10.1. The first kappa shape index (κ1) is 17.7. The lowest BCUT2D eigenvalue weighted by Crippen LogP contribution is -2.34. The molecule has 0 aromatic heterocycles. The van der Waals surface area contributed by atoms with E-state index >= 15 is 0 Å². The van der Waals surface area contributed by atoms with E-state index in [2.05, 4.69) is 22.8 Å². The lowest BCUT2D eigenvalue weighted by molar-refractivity contribution is 0.0978. The van der Waals surface area contributed by atoms with Gasteiger partial charge in [0, 0.05) is 10.7 Å². The van der Waals surface area contributed by atoms with Gasteiger partial charge in [0.25, 0.3) is 5.91 Å².